The van der Waals surface area contributed by atoms with Gasteiger partial charge in [0.15, 0.2) is 0 Å². The molecule has 6 nitrogen and oxygen atoms in total. The number of thioether (sulfide) groups is 1. The first-order valence-electron chi connectivity index (χ1n) is 10.9. The third-order valence-electron chi connectivity index (χ3n) is 4.88. The smallest absolute Gasteiger partial charge is 0.327 e. The van der Waals surface area contributed by atoms with Crippen LogP contribution in [0.1, 0.15) is 73.1 Å². The third-order valence-corrected chi connectivity index (χ3v) is 5.85. The summed E-state index contributed by atoms with van der Waals surface area (Å²) in [4.78, 5) is 34.4. The van der Waals surface area contributed by atoms with Crippen molar-refractivity contribution < 1.29 is 19.5 Å². The monoisotopic (exact) mass is 452 g/mol. The van der Waals surface area contributed by atoms with E-state index in [1.165, 1.54) is 28.5 Å². The fourth-order valence-corrected chi connectivity index (χ4v) is 3.66. The Morgan fingerprint density at radius 2 is 1.55 bits per heavy atom. The Hall–Kier alpha value is -2.02. The van der Waals surface area contributed by atoms with Crippen LogP contribution < -0.4 is 11.1 Å². The second-order valence-corrected chi connectivity index (χ2v) is 9.37. The van der Waals surface area contributed by atoms with Gasteiger partial charge in [-0.3, -0.25) is 9.59 Å². The van der Waals surface area contributed by atoms with Gasteiger partial charge < -0.3 is 16.2 Å². The number of rotatable bonds is 16. The van der Waals surface area contributed by atoms with Crippen LogP contribution in [0.2, 0.25) is 0 Å². The van der Waals surface area contributed by atoms with Gasteiger partial charge in [0.2, 0.25) is 11.8 Å². The molecule has 31 heavy (non-hydrogen) atoms. The molecule has 2 atom stereocenters. The van der Waals surface area contributed by atoms with Gasteiger partial charge in [-0.2, -0.15) is 11.8 Å². The van der Waals surface area contributed by atoms with Gasteiger partial charge >= 0.3 is 5.97 Å². The second kappa shape index (κ2) is 16.6. The molecule has 176 valence electrons. The normalized spacial score (nSPS) is 14.0. The van der Waals surface area contributed by atoms with Crippen LogP contribution in [0.25, 0.3) is 0 Å². The molecule has 0 fully saturated rings. The zero-order valence-corrected chi connectivity index (χ0v) is 20.5. The lowest BCUT2D eigenvalue weighted by Crippen LogP contribution is -2.42. The molecule has 0 aromatic heterocycles. The summed E-state index contributed by atoms with van der Waals surface area (Å²) in [7, 11) is 0. The van der Waals surface area contributed by atoms with Gasteiger partial charge in [0.05, 0.1) is 0 Å². The van der Waals surface area contributed by atoms with Crippen LogP contribution in [0.5, 0.6) is 0 Å². The molecule has 0 aromatic rings. The summed E-state index contributed by atoms with van der Waals surface area (Å²) < 4.78 is 0. The Labute approximate surface area is 191 Å². The zero-order chi connectivity index (χ0) is 23.8. The first-order valence-corrected chi connectivity index (χ1v) is 12.0. The van der Waals surface area contributed by atoms with E-state index in [4.69, 9.17) is 5.73 Å². The Kier molecular flexibility index (Phi) is 15.6. The highest BCUT2D eigenvalue weighted by Crippen LogP contribution is 2.13. The molecular weight excluding hydrogens is 412 g/mol. The summed E-state index contributed by atoms with van der Waals surface area (Å²) in [6.07, 6.45) is 11.2. The number of carbonyl (C=O) groups is 3. The van der Waals surface area contributed by atoms with Crippen molar-refractivity contribution in [1.82, 2.24) is 5.32 Å². The van der Waals surface area contributed by atoms with Gasteiger partial charge in [-0.15, -0.1) is 0 Å². The number of hydrogen-bond donors (Lipinski definition) is 3. The largest absolute Gasteiger partial charge is 0.480 e. The van der Waals surface area contributed by atoms with Crippen molar-refractivity contribution in [2.24, 2.45) is 11.7 Å². The number of amides is 2. The predicted molar refractivity (Wildman–Crippen MR) is 130 cm³/mol. The van der Waals surface area contributed by atoms with Crippen molar-refractivity contribution in [2.75, 3.05) is 11.5 Å². The molecule has 0 bridgehead atoms. The lowest BCUT2D eigenvalue weighted by atomic mass is 10.1. The number of nitrogens with one attached hydrogen (secondary N) is 1. The Balaban J connectivity index is 4.26. The van der Waals surface area contributed by atoms with Gasteiger partial charge in [0.25, 0.3) is 0 Å². The van der Waals surface area contributed by atoms with Crippen molar-refractivity contribution in [3.8, 4) is 0 Å². The average Bonchev–Trinajstić information content (AvgIpc) is 2.67. The highest BCUT2D eigenvalue weighted by Gasteiger charge is 2.20. The van der Waals surface area contributed by atoms with Crippen molar-refractivity contribution >= 4 is 29.5 Å². The molecule has 7 heteroatoms. The number of hydrogen-bond acceptors (Lipinski definition) is 4. The number of aliphatic carboxylic acids is 1. The number of primary amides is 1. The second-order valence-electron chi connectivity index (χ2n) is 8.30. The van der Waals surface area contributed by atoms with Gasteiger partial charge in [-0.1, -0.05) is 41.9 Å². The summed E-state index contributed by atoms with van der Waals surface area (Å²) in [6, 6.07) is -0.943. The molecule has 0 radical (unpaired) electrons. The lowest BCUT2D eigenvalue weighted by molar-refractivity contribution is -0.141. The summed E-state index contributed by atoms with van der Waals surface area (Å²) in [6.45, 7) is 10.1. The highest BCUT2D eigenvalue weighted by atomic mass is 32.2. The predicted octanol–water partition coefficient (Wildman–Crippen LogP) is 4.61. The van der Waals surface area contributed by atoms with Gasteiger partial charge in [0, 0.05) is 23.8 Å². The molecule has 0 heterocycles. The minimum atomic E-state index is -1.06. The summed E-state index contributed by atoms with van der Waals surface area (Å²) in [5.41, 5.74) is 9.21. The number of nitrogens with two attached hydrogens (primary N) is 1. The molecule has 0 aliphatic rings. The first kappa shape index (κ1) is 29.0. The summed E-state index contributed by atoms with van der Waals surface area (Å²) in [5.74, 6) is -1.31. The van der Waals surface area contributed by atoms with E-state index < -0.39 is 23.8 Å². The van der Waals surface area contributed by atoms with Gasteiger partial charge in [-0.25, -0.2) is 4.79 Å². The van der Waals surface area contributed by atoms with E-state index in [2.05, 4.69) is 51.2 Å². The maximum atomic E-state index is 11.9. The first-order chi connectivity index (χ1) is 14.5. The van der Waals surface area contributed by atoms with E-state index in [1.807, 2.05) is 0 Å². The van der Waals surface area contributed by atoms with Crippen LogP contribution in [-0.4, -0.2) is 40.4 Å². The van der Waals surface area contributed by atoms with Crippen LogP contribution >= 0.6 is 11.8 Å². The van der Waals surface area contributed by atoms with Crippen LogP contribution in [0, 0.1) is 5.92 Å². The van der Waals surface area contributed by atoms with Crippen molar-refractivity contribution in [2.45, 2.75) is 79.2 Å². The maximum Gasteiger partial charge on any atom is 0.327 e. The van der Waals surface area contributed by atoms with E-state index in [0.29, 0.717) is 17.9 Å². The molecule has 0 aliphatic carbocycles. The minimum absolute atomic E-state index is 0.0822. The molecule has 0 aromatic carbocycles. The molecule has 4 N–H and O–H groups in total. The molecule has 0 saturated carbocycles. The zero-order valence-electron chi connectivity index (χ0n) is 19.7. The molecule has 0 spiro atoms. The van der Waals surface area contributed by atoms with Crippen LogP contribution in [-0.2, 0) is 14.4 Å². The Bertz CT molecular complexity index is 679. The van der Waals surface area contributed by atoms with Gasteiger partial charge in [-0.05, 0) is 59.8 Å². The highest BCUT2D eigenvalue weighted by molar-refractivity contribution is 7.99. The SMILES string of the molecule is CC(C)=CCC/C(C)=C/CC/C(C)=C/CSC[C@H](NC(=O)CCC(C)C(N)=O)C(=O)O. The van der Waals surface area contributed by atoms with E-state index >= 15 is 0 Å². The fourth-order valence-electron chi connectivity index (χ4n) is 2.66. The van der Waals surface area contributed by atoms with Crippen LogP contribution in [0.15, 0.2) is 34.9 Å². The van der Waals surface area contributed by atoms with Gasteiger partial charge in [0.1, 0.15) is 6.04 Å². The van der Waals surface area contributed by atoms with Crippen molar-refractivity contribution in [1.29, 1.82) is 0 Å². The Morgan fingerprint density at radius 1 is 0.968 bits per heavy atom. The standard InChI is InChI=1S/C24H40N2O4S/c1-17(2)8-6-9-18(3)10-7-11-19(4)14-15-31-16-21(24(29)30)26-22(27)13-12-20(5)23(25)28/h8,10,14,20-21H,6-7,9,11-13,15-16H2,1-5H3,(H2,25,28)(H,26,27)(H,29,30)/b18-10+,19-14+/t20?,21-/m0/s1. The third kappa shape index (κ3) is 16.4. The summed E-state index contributed by atoms with van der Waals surface area (Å²) >= 11 is 1.47. The lowest BCUT2D eigenvalue weighted by Gasteiger charge is -2.14. The number of carboxylic acid groups (broad SMARTS) is 1. The summed E-state index contributed by atoms with van der Waals surface area (Å²) in [5, 5.41) is 11.9. The maximum absolute atomic E-state index is 11.9. The molecule has 0 rings (SSSR count). The minimum Gasteiger partial charge on any atom is -0.480 e. The van der Waals surface area contributed by atoms with Crippen molar-refractivity contribution in [3.05, 3.63) is 34.9 Å². The van der Waals surface area contributed by atoms with Crippen LogP contribution in [0.3, 0.4) is 0 Å². The number of carboxylic acids is 1. The molecule has 0 aliphatic heterocycles. The molecule has 2 amide bonds. The topological polar surface area (TPSA) is 109 Å². The van der Waals surface area contributed by atoms with E-state index in [0.717, 1.165) is 25.7 Å². The average molecular weight is 453 g/mol. The molecule has 0 saturated heterocycles. The Morgan fingerprint density at radius 3 is 2.10 bits per heavy atom. The van der Waals surface area contributed by atoms with E-state index in [9.17, 15) is 19.5 Å². The van der Waals surface area contributed by atoms with E-state index in [1.54, 1.807) is 6.92 Å². The van der Waals surface area contributed by atoms with E-state index in [-0.39, 0.29) is 12.3 Å². The molecule has 1 unspecified atom stereocenters. The number of allylic oxidation sites excluding steroid dienone is 5. The quantitative estimate of drug-likeness (QED) is 0.234. The fraction of sp³-hybridized carbons (Fsp3) is 0.625. The van der Waals surface area contributed by atoms with Crippen molar-refractivity contribution in [3.63, 3.8) is 0 Å². The van der Waals surface area contributed by atoms with Crippen LogP contribution in [0.4, 0.5) is 0 Å². The molecular formula is C24H40N2O4S. The number of carbonyl (C=O) groups excluding carboxylic acids is 2.